The lowest BCUT2D eigenvalue weighted by molar-refractivity contribution is -0.115. The Morgan fingerprint density at radius 2 is 1.95 bits per heavy atom. The van der Waals surface area contributed by atoms with Crippen LogP contribution in [0.25, 0.3) is 0 Å². The van der Waals surface area contributed by atoms with Crippen molar-refractivity contribution in [3.05, 3.63) is 64.9 Å². The summed E-state index contributed by atoms with van der Waals surface area (Å²) < 4.78 is 13.0. The van der Waals surface area contributed by atoms with Gasteiger partial charge in [0.1, 0.15) is 5.82 Å². The van der Waals surface area contributed by atoms with Crippen molar-refractivity contribution in [2.24, 2.45) is 0 Å². The Bertz CT molecular complexity index is 619. The van der Waals surface area contributed by atoms with E-state index in [-0.39, 0.29) is 18.3 Å². The van der Waals surface area contributed by atoms with Crippen LogP contribution in [0, 0.1) is 5.82 Å². The van der Waals surface area contributed by atoms with E-state index >= 15 is 0 Å². The zero-order chi connectivity index (χ0) is 15.1. The normalized spacial score (nSPS) is 10.4. The van der Waals surface area contributed by atoms with E-state index in [1.807, 2.05) is 6.07 Å². The number of carbonyl (C=O) groups is 1. The third kappa shape index (κ3) is 5.17. The van der Waals surface area contributed by atoms with Gasteiger partial charge in [-0.15, -0.1) is 0 Å². The number of rotatable bonds is 6. The quantitative estimate of drug-likeness (QED) is 0.804. The van der Waals surface area contributed by atoms with Crippen LogP contribution < -0.4 is 10.6 Å². The van der Waals surface area contributed by atoms with Crippen LogP contribution in [-0.2, 0) is 11.2 Å². The summed E-state index contributed by atoms with van der Waals surface area (Å²) in [5.74, 6) is -0.411. The molecule has 0 heterocycles. The highest BCUT2D eigenvalue weighted by Crippen LogP contribution is 2.19. The predicted molar refractivity (Wildman–Crippen MR) is 83.1 cm³/mol. The lowest BCUT2D eigenvalue weighted by atomic mass is 10.1. The third-order valence-corrected chi connectivity index (χ3v) is 3.24. The molecule has 0 spiro atoms. The molecular weight excluding hydrogens is 291 g/mol. The molecule has 2 aromatic carbocycles. The maximum absolute atomic E-state index is 13.0. The molecule has 2 rings (SSSR count). The van der Waals surface area contributed by atoms with Crippen molar-refractivity contribution in [1.29, 1.82) is 0 Å². The largest absolute Gasteiger partial charge is 0.324 e. The Balaban J connectivity index is 1.71. The zero-order valence-corrected chi connectivity index (χ0v) is 12.2. The van der Waals surface area contributed by atoms with Crippen molar-refractivity contribution in [2.75, 3.05) is 18.4 Å². The molecule has 0 saturated carbocycles. The second-order valence-corrected chi connectivity index (χ2v) is 4.99. The van der Waals surface area contributed by atoms with Crippen LogP contribution >= 0.6 is 11.6 Å². The first kappa shape index (κ1) is 15.5. The van der Waals surface area contributed by atoms with E-state index in [0.717, 1.165) is 5.56 Å². The van der Waals surface area contributed by atoms with E-state index in [1.165, 1.54) is 12.1 Å². The number of nitrogens with one attached hydrogen (secondary N) is 2. The van der Waals surface area contributed by atoms with Gasteiger partial charge in [-0.1, -0.05) is 35.9 Å². The average Bonchev–Trinajstić information content (AvgIpc) is 2.46. The number of hydrogen-bond donors (Lipinski definition) is 2. The number of benzene rings is 2. The van der Waals surface area contributed by atoms with Crippen molar-refractivity contribution in [2.45, 2.75) is 6.42 Å². The number of anilines is 1. The Hall–Kier alpha value is -1.91. The molecule has 0 saturated heterocycles. The molecule has 0 atom stereocenters. The molecule has 1 amide bonds. The minimum atomic E-state index is -0.246. The smallest absolute Gasteiger partial charge is 0.238 e. The van der Waals surface area contributed by atoms with Gasteiger partial charge in [-0.25, -0.2) is 4.39 Å². The average molecular weight is 307 g/mol. The molecule has 0 aromatic heterocycles. The van der Waals surface area contributed by atoms with Gasteiger partial charge in [-0.3, -0.25) is 4.79 Å². The second-order valence-electron chi connectivity index (χ2n) is 4.58. The van der Waals surface area contributed by atoms with E-state index in [4.69, 9.17) is 11.6 Å². The van der Waals surface area contributed by atoms with Gasteiger partial charge in [0.15, 0.2) is 0 Å². The van der Waals surface area contributed by atoms with E-state index in [0.29, 0.717) is 23.7 Å². The molecule has 2 N–H and O–H groups in total. The number of para-hydroxylation sites is 1. The van der Waals surface area contributed by atoms with Crippen LogP contribution in [0.3, 0.4) is 0 Å². The predicted octanol–water partition coefficient (Wildman–Crippen LogP) is 3.25. The summed E-state index contributed by atoms with van der Waals surface area (Å²) in [6, 6.07) is 13.5. The Labute approximate surface area is 128 Å². The molecule has 0 unspecified atom stereocenters. The number of amides is 1. The first-order chi connectivity index (χ1) is 10.1. The van der Waals surface area contributed by atoms with E-state index in [1.54, 1.807) is 30.3 Å². The first-order valence-electron chi connectivity index (χ1n) is 6.65. The van der Waals surface area contributed by atoms with Crippen LogP contribution in [0.1, 0.15) is 5.56 Å². The summed E-state index contributed by atoms with van der Waals surface area (Å²) >= 11 is 5.95. The third-order valence-electron chi connectivity index (χ3n) is 2.91. The van der Waals surface area contributed by atoms with Crippen molar-refractivity contribution < 1.29 is 9.18 Å². The van der Waals surface area contributed by atoms with Gasteiger partial charge in [-0.05, 0) is 42.8 Å². The lowest BCUT2D eigenvalue weighted by Crippen LogP contribution is -2.29. The Morgan fingerprint density at radius 3 is 2.71 bits per heavy atom. The minimum absolute atomic E-state index is 0.164. The fourth-order valence-electron chi connectivity index (χ4n) is 1.88. The summed E-state index contributed by atoms with van der Waals surface area (Å²) in [6.45, 7) is 0.778. The summed E-state index contributed by atoms with van der Waals surface area (Å²) in [6.07, 6.45) is 0.664. The molecule has 0 aliphatic heterocycles. The molecule has 0 fully saturated rings. The van der Waals surface area contributed by atoms with E-state index in [2.05, 4.69) is 10.6 Å². The van der Waals surface area contributed by atoms with Crippen LogP contribution in [-0.4, -0.2) is 19.0 Å². The van der Waals surface area contributed by atoms with Gasteiger partial charge in [-0.2, -0.15) is 0 Å². The molecule has 0 bridgehead atoms. The molecule has 3 nitrogen and oxygen atoms in total. The number of halogens is 2. The molecule has 0 radical (unpaired) electrons. The standard InChI is InChI=1S/C16H16ClFN2O/c17-14-6-1-2-7-15(14)20-16(21)11-19-9-8-12-4-3-5-13(18)10-12/h1-7,10,19H,8-9,11H2,(H,20,21). The topological polar surface area (TPSA) is 41.1 Å². The van der Waals surface area contributed by atoms with Gasteiger partial charge >= 0.3 is 0 Å². The maximum atomic E-state index is 13.0. The fraction of sp³-hybridized carbons (Fsp3) is 0.188. The minimum Gasteiger partial charge on any atom is -0.324 e. The van der Waals surface area contributed by atoms with E-state index < -0.39 is 0 Å². The second kappa shape index (κ2) is 7.76. The highest BCUT2D eigenvalue weighted by atomic mass is 35.5. The van der Waals surface area contributed by atoms with Crippen LogP contribution in [0.4, 0.5) is 10.1 Å². The monoisotopic (exact) mass is 306 g/mol. The molecule has 110 valence electrons. The van der Waals surface area contributed by atoms with Crippen LogP contribution in [0.15, 0.2) is 48.5 Å². The molecule has 5 heteroatoms. The van der Waals surface area contributed by atoms with Gasteiger partial charge in [0, 0.05) is 0 Å². The van der Waals surface area contributed by atoms with Crippen LogP contribution in [0.5, 0.6) is 0 Å². The van der Waals surface area contributed by atoms with Crippen molar-refractivity contribution in [3.63, 3.8) is 0 Å². The Morgan fingerprint density at radius 1 is 1.14 bits per heavy atom. The van der Waals surface area contributed by atoms with Gasteiger partial charge in [0.25, 0.3) is 0 Å². The molecule has 0 aliphatic rings. The summed E-state index contributed by atoms with van der Waals surface area (Å²) in [7, 11) is 0. The molecule has 0 aliphatic carbocycles. The highest BCUT2D eigenvalue weighted by Gasteiger charge is 2.04. The number of hydrogen-bond acceptors (Lipinski definition) is 2. The van der Waals surface area contributed by atoms with Gasteiger partial charge < -0.3 is 10.6 Å². The zero-order valence-electron chi connectivity index (χ0n) is 11.4. The van der Waals surface area contributed by atoms with E-state index in [9.17, 15) is 9.18 Å². The fourth-order valence-corrected chi connectivity index (χ4v) is 2.07. The summed E-state index contributed by atoms with van der Waals surface area (Å²) in [5.41, 5.74) is 1.49. The first-order valence-corrected chi connectivity index (χ1v) is 7.02. The lowest BCUT2D eigenvalue weighted by Gasteiger charge is -2.08. The van der Waals surface area contributed by atoms with Crippen molar-refractivity contribution in [3.8, 4) is 0 Å². The van der Waals surface area contributed by atoms with Crippen molar-refractivity contribution in [1.82, 2.24) is 5.32 Å². The molecule has 2 aromatic rings. The van der Waals surface area contributed by atoms with Gasteiger partial charge in [0.05, 0.1) is 17.3 Å². The molecular formula is C16H16ClFN2O. The maximum Gasteiger partial charge on any atom is 0.238 e. The van der Waals surface area contributed by atoms with Gasteiger partial charge in [0.2, 0.25) is 5.91 Å². The van der Waals surface area contributed by atoms with Crippen LogP contribution in [0.2, 0.25) is 5.02 Å². The summed E-state index contributed by atoms with van der Waals surface area (Å²) in [4.78, 5) is 11.7. The Kier molecular flexibility index (Phi) is 5.72. The molecule has 21 heavy (non-hydrogen) atoms. The SMILES string of the molecule is O=C(CNCCc1cccc(F)c1)Nc1ccccc1Cl. The number of carbonyl (C=O) groups excluding carboxylic acids is 1. The summed E-state index contributed by atoms with van der Waals surface area (Å²) in [5, 5.41) is 6.25. The van der Waals surface area contributed by atoms with Crippen molar-refractivity contribution >= 4 is 23.2 Å². The highest BCUT2D eigenvalue weighted by molar-refractivity contribution is 6.33.